The Hall–Kier alpha value is -5.38. The van der Waals surface area contributed by atoms with Gasteiger partial charge in [-0.05, 0) is 48.0 Å². The number of rotatable bonds is 3. The third-order valence-corrected chi connectivity index (χ3v) is 7.79. The predicted octanol–water partition coefficient (Wildman–Crippen LogP) is 9.29. The fraction of sp³-hybridized carbons (Fsp3) is 0.0588. The van der Waals surface area contributed by atoms with Gasteiger partial charge in [-0.2, -0.15) is 26.3 Å². The van der Waals surface area contributed by atoms with Crippen LogP contribution in [0.2, 0.25) is 0 Å². The number of benzene rings is 5. The van der Waals surface area contributed by atoms with Crippen LogP contribution in [0, 0.1) is 0 Å². The molecule has 218 valence electrons. The summed E-state index contributed by atoms with van der Waals surface area (Å²) >= 11 is 0. The molecule has 0 bridgehead atoms. The molecule has 44 heavy (non-hydrogen) atoms. The van der Waals surface area contributed by atoms with Crippen LogP contribution >= 0.6 is 0 Å². The van der Waals surface area contributed by atoms with Crippen molar-refractivity contribution in [1.82, 2.24) is 4.57 Å². The van der Waals surface area contributed by atoms with Crippen molar-refractivity contribution >= 4 is 39.3 Å². The molecule has 1 aromatic heterocycles. The summed E-state index contributed by atoms with van der Waals surface area (Å²) in [5.74, 6) is -1.16. The molecule has 0 saturated carbocycles. The van der Waals surface area contributed by atoms with Gasteiger partial charge in [-0.3, -0.25) is 9.59 Å². The molecule has 1 aliphatic heterocycles. The van der Waals surface area contributed by atoms with Gasteiger partial charge in [0.05, 0.1) is 44.7 Å². The summed E-state index contributed by atoms with van der Waals surface area (Å²) in [5, 5.41) is 1.15. The SMILES string of the molecule is O=C1c2cccc(-n3c4ccccc4c4cccc(-c5ccc(C(F)(F)F)cc5C(F)(F)F)c43)c2C(=O)N1c1ccccc1. The van der Waals surface area contributed by atoms with Crippen molar-refractivity contribution in [3.63, 3.8) is 0 Å². The van der Waals surface area contributed by atoms with Crippen molar-refractivity contribution in [3.8, 4) is 16.8 Å². The third kappa shape index (κ3) is 4.09. The van der Waals surface area contributed by atoms with Crippen molar-refractivity contribution < 1.29 is 35.9 Å². The van der Waals surface area contributed by atoms with E-state index in [0.717, 1.165) is 11.0 Å². The van der Waals surface area contributed by atoms with Gasteiger partial charge in [0.2, 0.25) is 0 Å². The number of anilines is 1. The molecule has 7 rings (SSSR count). The number of carbonyl (C=O) groups excluding carboxylic acids is 2. The van der Waals surface area contributed by atoms with E-state index in [1.165, 1.54) is 18.2 Å². The molecule has 0 N–H and O–H groups in total. The highest BCUT2D eigenvalue weighted by molar-refractivity contribution is 6.35. The quantitative estimate of drug-likeness (QED) is 0.150. The number of amides is 2. The van der Waals surface area contributed by atoms with Gasteiger partial charge in [-0.25, -0.2) is 4.90 Å². The van der Waals surface area contributed by atoms with Crippen LogP contribution in [0.15, 0.2) is 109 Å². The highest BCUT2D eigenvalue weighted by atomic mass is 19.4. The Morgan fingerprint density at radius 2 is 1.20 bits per heavy atom. The topological polar surface area (TPSA) is 42.3 Å². The fourth-order valence-electron chi connectivity index (χ4n) is 5.94. The van der Waals surface area contributed by atoms with Gasteiger partial charge < -0.3 is 4.57 Å². The first kappa shape index (κ1) is 27.5. The molecule has 6 aromatic rings. The van der Waals surface area contributed by atoms with E-state index in [0.29, 0.717) is 28.0 Å². The highest BCUT2D eigenvalue weighted by Gasteiger charge is 2.41. The Morgan fingerprint density at radius 1 is 0.545 bits per heavy atom. The Labute approximate surface area is 245 Å². The lowest BCUT2D eigenvalue weighted by molar-refractivity contribution is -0.142. The second-order valence-electron chi connectivity index (χ2n) is 10.3. The summed E-state index contributed by atoms with van der Waals surface area (Å²) in [4.78, 5) is 28.4. The van der Waals surface area contributed by atoms with Gasteiger partial charge in [-0.1, -0.05) is 66.7 Å². The Morgan fingerprint density at radius 3 is 1.93 bits per heavy atom. The second-order valence-corrected chi connectivity index (χ2v) is 10.3. The number of nitrogens with zero attached hydrogens (tertiary/aromatic N) is 2. The number of hydrogen-bond donors (Lipinski definition) is 0. The van der Waals surface area contributed by atoms with Crippen LogP contribution in [0.4, 0.5) is 32.0 Å². The molecule has 0 saturated heterocycles. The Kier molecular flexibility index (Phi) is 5.97. The smallest absolute Gasteiger partial charge is 0.308 e. The Bertz CT molecular complexity index is 2150. The first-order chi connectivity index (χ1) is 21.0. The zero-order valence-electron chi connectivity index (χ0n) is 22.4. The molecule has 0 spiro atoms. The molecule has 0 atom stereocenters. The minimum atomic E-state index is -5.11. The van der Waals surface area contributed by atoms with Crippen LogP contribution in [0.25, 0.3) is 38.6 Å². The molecule has 10 heteroatoms. The number of imide groups is 1. The Balaban J connectivity index is 1.56. The normalized spacial score (nSPS) is 13.7. The third-order valence-electron chi connectivity index (χ3n) is 7.79. The summed E-state index contributed by atoms with van der Waals surface area (Å²) in [7, 11) is 0. The first-order valence-corrected chi connectivity index (χ1v) is 13.3. The van der Waals surface area contributed by atoms with Gasteiger partial charge in [0.25, 0.3) is 11.8 Å². The van der Waals surface area contributed by atoms with E-state index < -0.39 is 40.9 Å². The van der Waals surface area contributed by atoms with E-state index in [-0.39, 0.29) is 34.0 Å². The van der Waals surface area contributed by atoms with Crippen molar-refractivity contribution in [1.29, 1.82) is 0 Å². The first-order valence-electron chi connectivity index (χ1n) is 13.3. The van der Waals surface area contributed by atoms with Crippen LogP contribution in [0.5, 0.6) is 0 Å². The number of halogens is 6. The average molecular weight is 601 g/mol. The zero-order valence-corrected chi connectivity index (χ0v) is 22.4. The van der Waals surface area contributed by atoms with Gasteiger partial charge in [0.1, 0.15) is 0 Å². The summed E-state index contributed by atoms with van der Waals surface area (Å²) < 4.78 is 85.1. The maximum Gasteiger partial charge on any atom is 0.417 e. The number of carbonyl (C=O) groups is 2. The minimum absolute atomic E-state index is 0.00837. The maximum absolute atomic E-state index is 14.3. The lowest BCUT2D eigenvalue weighted by atomic mass is 9.95. The van der Waals surface area contributed by atoms with Crippen LogP contribution in [0.1, 0.15) is 31.8 Å². The molecular weight excluding hydrogens is 582 g/mol. The average Bonchev–Trinajstić information content (AvgIpc) is 3.47. The molecule has 2 heterocycles. The van der Waals surface area contributed by atoms with Crippen LogP contribution in [0.3, 0.4) is 0 Å². The van der Waals surface area contributed by atoms with E-state index in [9.17, 15) is 35.9 Å². The molecule has 0 unspecified atom stereocenters. The lowest BCUT2D eigenvalue weighted by Crippen LogP contribution is -2.29. The molecule has 2 amide bonds. The minimum Gasteiger partial charge on any atom is -0.308 e. The summed E-state index contributed by atoms with van der Waals surface area (Å²) in [6.45, 7) is 0. The highest BCUT2D eigenvalue weighted by Crippen LogP contribution is 2.45. The standard InChI is InChI=1S/C34H18F6N2O2/c35-33(36,37)19-16-17-21(26(18-19)34(38,39)40)23-11-6-12-24-22-10-4-5-14-27(22)42(30(23)24)28-15-7-13-25-29(28)32(44)41(31(25)43)20-8-2-1-3-9-20/h1-18H. The number of aromatic nitrogens is 1. The number of hydrogen-bond acceptors (Lipinski definition) is 2. The summed E-state index contributed by atoms with van der Waals surface area (Å²) in [6.07, 6.45) is -10.1. The van der Waals surface area contributed by atoms with Crippen molar-refractivity contribution in [2.45, 2.75) is 12.4 Å². The van der Waals surface area contributed by atoms with E-state index in [1.54, 1.807) is 77.4 Å². The summed E-state index contributed by atoms with van der Waals surface area (Å²) in [6, 6.07) is 26.2. The largest absolute Gasteiger partial charge is 0.417 e. The fourth-order valence-corrected chi connectivity index (χ4v) is 5.94. The number of fused-ring (bicyclic) bond motifs is 4. The number of alkyl halides is 6. The lowest BCUT2D eigenvalue weighted by Gasteiger charge is -2.19. The van der Waals surface area contributed by atoms with E-state index in [4.69, 9.17) is 0 Å². The van der Waals surface area contributed by atoms with Gasteiger partial charge in [0, 0.05) is 16.3 Å². The van der Waals surface area contributed by atoms with Crippen LogP contribution in [-0.4, -0.2) is 16.4 Å². The molecule has 0 aliphatic carbocycles. The monoisotopic (exact) mass is 600 g/mol. The van der Waals surface area contributed by atoms with Crippen molar-refractivity contribution in [2.75, 3.05) is 4.90 Å². The maximum atomic E-state index is 14.3. The molecular formula is C34H18F6N2O2. The van der Waals surface area contributed by atoms with Gasteiger partial charge >= 0.3 is 12.4 Å². The van der Waals surface area contributed by atoms with Gasteiger partial charge in [-0.15, -0.1) is 0 Å². The van der Waals surface area contributed by atoms with Crippen molar-refractivity contribution in [2.24, 2.45) is 0 Å². The van der Waals surface area contributed by atoms with E-state index >= 15 is 0 Å². The van der Waals surface area contributed by atoms with E-state index in [1.807, 2.05) is 0 Å². The number of para-hydroxylation sites is 3. The molecule has 4 nitrogen and oxygen atoms in total. The zero-order chi connectivity index (χ0) is 31.0. The molecule has 0 fully saturated rings. The van der Waals surface area contributed by atoms with Crippen molar-refractivity contribution in [3.05, 3.63) is 131 Å². The second kappa shape index (κ2) is 9.57. The van der Waals surface area contributed by atoms with Gasteiger partial charge in [0.15, 0.2) is 0 Å². The molecule has 5 aromatic carbocycles. The molecule has 0 radical (unpaired) electrons. The predicted molar refractivity (Wildman–Crippen MR) is 154 cm³/mol. The molecule has 1 aliphatic rings. The summed E-state index contributed by atoms with van der Waals surface area (Å²) in [5.41, 5.74) is -1.77. The van der Waals surface area contributed by atoms with Crippen LogP contribution in [-0.2, 0) is 12.4 Å². The van der Waals surface area contributed by atoms with E-state index in [2.05, 4.69) is 0 Å². The van der Waals surface area contributed by atoms with Crippen LogP contribution < -0.4 is 4.90 Å².